The van der Waals surface area contributed by atoms with Crippen molar-refractivity contribution in [1.29, 1.82) is 0 Å². The van der Waals surface area contributed by atoms with Gasteiger partial charge >= 0.3 is 5.97 Å². The molecule has 2 unspecified atom stereocenters. The lowest BCUT2D eigenvalue weighted by Crippen LogP contribution is -2.35. The number of rotatable bonds is 5. The summed E-state index contributed by atoms with van der Waals surface area (Å²) in [6.07, 6.45) is 2.17. The van der Waals surface area contributed by atoms with Gasteiger partial charge < -0.3 is 9.64 Å². The van der Waals surface area contributed by atoms with E-state index in [1.807, 2.05) is 6.92 Å². The van der Waals surface area contributed by atoms with Gasteiger partial charge in [-0.25, -0.2) is 0 Å². The van der Waals surface area contributed by atoms with Crippen LogP contribution in [0.3, 0.4) is 0 Å². The highest BCUT2D eigenvalue weighted by Crippen LogP contribution is 2.22. The average Bonchev–Trinajstić information content (AvgIpc) is 2.64. The molecular weight excluding hydrogens is 234 g/mol. The molecule has 102 valence electrons. The van der Waals surface area contributed by atoms with Gasteiger partial charge in [0.15, 0.2) is 5.78 Å². The van der Waals surface area contributed by atoms with Crippen LogP contribution in [0.2, 0.25) is 0 Å². The SMILES string of the molecule is CCCCC(=O)N1CC(C(=O)OCC)C(=O)C1C. The van der Waals surface area contributed by atoms with Crippen LogP contribution in [0.5, 0.6) is 0 Å². The quantitative estimate of drug-likeness (QED) is 0.546. The van der Waals surface area contributed by atoms with Gasteiger partial charge in [0.1, 0.15) is 5.92 Å². The second-order valence-electron chi connectivity index (χ2n) is 4.53. The molecule has 5 nitrogen and oxygen atoms in total. The summed E-state index contributed by atoms with van der Waals surface area (Å²) in [7, 11) is 0. The molecule has 0 N–H and O–H groups in total. The third kappa shape index (κ3) is 3.09. The third-order valence-corrected chi connectivity index (χ3v) is 3.24. The number of amides is 1. The van der Waals surface area contributed by atoms with Crippen LogP contribution in [-0.4, -0.2) is 41.8 Å². The van der Waals surface area contributed by atoms with E-state index in [4.69, 9.17) is 4.74 Å². The Hall–Kier alpha value is -1.39. The van der Waals surface area contributed by atoms with E-state index in [2.05, 4.69) is 0 Å². The molecule has 0 spiro atoms. The largest absolute Gasteiger partial charge is 0.465 e. The van der Waals surface area contributed by atoms with E-state index < -0.39 is 17.9 Å². The maximum absolute atomic E-state index is 11.9. The average molecular weight is 255 g/mol. The highest BCUT2D eigenvalue weighted by Gasteiger charge is 2.44. The number of hydrogen-bond acceptors (Lipinski definition) is 4. The summed E-state index contributed by atoms with van der Waals surface area (Å²) in [6.45, 7) is 5.80. The van der Waals surface area contributed by atoms with Crippen LogP contribution in [0.1, 0.15) is 40.0 Å². The van der Waals surface area contributed by atoms with E-state index in [0.717, 1.165) is 12.8 Å². The van der Waals surface area contributed by atoms with Gasteiger partial charge in [0, 0.05) is 13.0 Å². The molecule has 5 heteroatoms. The van der Waals surface area contributed by atoms with E-state index in [1.54, 1.807) is 13.8 Å². The zero-order chi connectivity index (χ0) is 13.7. The van der Waals surface area contributed by atoms with E-state index in [9.17, 15) is 14.4 Å². The van der Waals surface area contributed by atoms with Crippen molar-refractivity contribution in [3.05, 3.63) is 0 Å². The molecule has 0 aliphatic carbocycles. The summed E-state index contributed by atoms with van der Waals surface area (Å²) < 4.78 is 4.86. The Morgan fingerprint density at radius 3 is 2.61 bits per heavy atom. The van der Waals surface area contributed by atoms with Crippen LogP contribution in [0.15, 0.2) is 0 Å². The van der Waals surface area contributed by atoms with Gasteiger partial charge in [-0.2, -0.15) is 0 Å². The first-order chi connectivity index (χ1) is 8.52. The minimum absolute atomic E-state index is 0.0514. The van der Waals surface area contributed by atoms with Crippen LogP contribution in [0, 0.1) is 5.92 Å². The summed E-state index contributed by atoms with van der Waals surface area (Å²) in [4.78, 5) is 36.9. The van der Waals surface area contributed by atoms with Crippen LogP contribution < -0.4 is 0 Å². The van der Waals surface area contributed by atoms with Crippen molar-refractivity contribution in [3.63, 3.8) is 0 Å². The normalized spacial score (nSPS) is 23.3. The van der Waals surface area contributed by atoms with E-state index in [1.165, 1.54) is 4.90 Å². The maximum atomic E-state index is 11.9. The molecule has 0 aromatic rings. The summed E-state index contributed by atoms with van der Waals surface area (Å²) >= 11 is 0. The van der Waals surface area contributed by atoms with Gasteiger partial charge in [0.25, 0.3) is 0 Å². The molecule has 1 aliphatic heterocycles. The molecule has 1 saturated heterocycles. The van der Waals surface area contributed by atoms with Gasteiger partial charge in [-0.15, -0.1) is 0 Å². The molecule has 1 amide bonds. The Morgan fingerprint density at radius 2 is 2.06 bits per heavy atom. The lowest BCUT2D eigenvalue weighted by atomic mass is 10.1. The number of nitrogens with zero attached hydrogens (tertiary/aromatic N) is 1. The van der Waals surface area contributed by atoms with Gasteiger partial charge in [0.05, 0.1) is 12.6 Å². The molecule has 18 heavy (non-hydrogen) atoms. The van der Waals surface area contributed by atoms with Crippen molar-refractivity contribution in [2.24, 2.45) is 5.92 Å². The van der Waals surface area contributed by atoms with E-state index in [0.29, 0.717) is 6.42 Å². The van der Waals surface area contributed by atoms with Crippen molar-refractivity contribution in [2.45, 2.75) is 46.1 Å². The van der Waals surface area contributed by atoms with Crippen molar-refractivity contribution in [1.82, 2.24) is 4.90 Å². The molecule has 1 aliphatic rings. The Bertz CT molecular complexity index is 340. The number of hydrogen-bond donors (Lipinski definition) is 0. The fraction of sp³-hybridized carbons (Fsp3) is 0.769. The number of unbranched alkanes of at least 4 members (excludes halogenated alkanes) is 1. The Kier molecular flexibility index (Phi) is 5.31. The lowest BCUT2D eigenvalue weighted by molar-refractivity contribution is -0.150. The van der Waals surface area contributed by atoms with Gasteiger partial charge in [-0.1, -0.05) is 13.3 Å². The molecule has 1 heterocycles. The van der Waals surface area contributed by atoms with Crippen molar-refractivity contribution < 1.29 is 19.1 Å². The number of carbonyl (C=O) groups is 3. The molecule has 0 radical (unpaired) electrons. The molecule has 2 atom stereocenters. The Morgan fingerprint density at radius 1 is 1.39 bits per heavy atom. The highest BCUT2D eigenvalue weighted by molar-refractivity contribution is 6.05. The molecule has 0 aromatic heterocycles. The molecule has 1 rings (SSSR count). The van der Waals surface area contributed by atoms with Crippen molar-refractivity contribution in [3.8, 4) is 0 Å². The predicted octanol–water partition coefficient (Wildman–Crippen LogP) is 1.16. The van der Waals surface area contributed by atoms with Crippen molar-refractivity contribution >= 4 is 17.7 Å². The standard InChI is InChI=1S/C13H21NO4/c1-4-6-7-11(15)14-8-10(12(16)9(14)3)13(17)18-5-2/h9-10H,4-8H2,1-3H3. The molecule has 0 bridgehead atoms. The third-order valence-electron chi connectivity index (χ3n) is 3.24. The number of carbonyl (C=O) groups excluding carboxylic acids is 3. The topological polar surface area (TPSA) is 63.7 Å². The lowest BCUT2D eigenvalue weighted by Gasteiger charge is -2.19. The number of ether oxygens (including phenoxy) is 1. The summed E-state index contributed by atoms with van der Waals surface area (Å²) in [5.74, 6) is -1.58. The zero-order valence-corrected chi connectivity index (χ0v) is 11.3. The van der Waals surface area contributed by atoms with Gasteiger partial charge in [0.2, 0.25) is 5.91 Å². The first kappa shape index (κ1) is 14.7. The van der Waals surface area contributed by atoms with Crippen molar-refractivity contribution in [2.75, 3.05) is 13.2 Å². The monoisotopic (exact) mass is 255 g/mol. The zero-order valence-electron chi connectivity index (χ0n) is 11.3. The number of Topliss-reactive ketones (excluding diaryl/α,β-unsaturated/α-hetero) is 1. The molecule has 1 fully saturated rings. The van der Waals surface area contributed by atoms with Gasteiger partial charge in [-0.05, 0) is 20.3 Å². The number of esters is 1. The smallest absolute Gasteiger partial charge is 0.318 e. The predicted molar refractivity (Wildman–Crippen MR) is 65.8 cm³/mol. The van der Waals surface area contributed by atoms with Crippen LogP contribution >= 0.6 is 0 Å². The summed E-state index contributed by atoms with van der Waals surface area (Å²) in [5.41, 5.74) is 0. The van der Waals surface area contributed by atoms with E-state index in [-0.39, 0.29) is 24.8 Å². The van der Waals surface area contributed by atoms with Crippen LogP contribution in [-0.2, 0) is 19.1 Å². The molecule has 0 aromatic carbocycles. The highest BCUT2D eigenvalue weighted by atomic mass is 16.5. The molecular formula is C13H21NO4. The fourth-order valence-corrected chi connectivity index (χ4v) is 2.11. The first-order valence-corrected chi connectivity index (χ1v) is 6.52. The van der Waals surface area contributed by atoms with Crippen LogP contribution in [0.25, 0.3) is 0 Å². The summed E-state index contributed by atoms with van der Waals surface area (Å²) in [6, 6.07) is -0.510. The first-order valence-electron chi connectivity index (χ1n) is 6.52. The number of likely N-dealkylation sites (tertiary alicyclic amines) is 1. The molecule has 0 saturated carbocycles. The minimum Gasteiger partial charge on any atom is -0.465 e. The second kappa shape index (κ2) is 6.52. The van der Waals surface area contributed by atoms with Crippen LogP contribution in [0.4, 0.5) is 0 Å². The summed E-state index contributed by atoms with van der Waals surface area (Å²) in [5, 5.41) is 0. The minimum atomic E-state index is -0.800. The maximum Gasteiger partial charge on any atom is 0.318 e. The number of ketones is 1. The Balaban J connectivity index is 2.66. The van der Waals surface area contributed by atoms with E-state index >= 15 is 0 Å². The second-order valence-corrected chi connectivity index (χ2v) is 4.53. The van der Waals surface area contributed by atoms with Gasteiger partial charge in [-0.3, -0.25) is 14.4 Å². The Labute approximate surface area is 107 Å². The fourth-order valence-electron chi connectivity index (χ4n) is 2.11.